The topological polar surface area (TPSA) is 18.5 Å². The zero-order chi connectivity index (χ0) is 13.7. The Morgan fingerprint density at radius 3 is 2.47 bits per heavy atom. The molecule has 0 amide bonds. The van der Waals surface area contributed by atoms with E-state index in [2.05, 4.69) is 6.58 Å². The summed E-state index contributed by atoms with van der Waals surface area (Å²) in [5.74, 6) is 2.52. The summed E-state index contributed by atoms with van der Waals surface area (Å²) in [4.78, 5) is 0. The van der Waals surface area contributed by atoms with Crippen molar-refractivity contribution in [2.24, 2.45) is 0 Å². The number of para-hydroxylation sites is 1. The van der Waals surface area contributed by atoms with Crippen LogP contribution < -0.4 is 4.74 Å². The van der Waals surface area contributed by atoms with Crippen LogP contribution in [-0.2, 0) is 10.6 Å². The van der Waals surface area contributed by atoms with Gasteiger partial charge in [0.1, 0.15) is 17.3 Å². The number of alkyl halides is 1. The third-order valence-electron chi connectivity index (χ3n) is 2.75. The average molecular weight is 275 g/mol. The van der Waals surface area contributed by atoms with Crippen molar-refractivity contribution in [3.63, 3.8) is 0 Å². The van der Waals surface area contributed by atoms with Gasteiger partial charge in [-0.05, 0) is 35.9 Å². The van der Waals surface area contributed by atoms with Crippen LogP contribution >= 0.6 is 11.6 Å². The van der Waals surface area contributed by atoms with E-state index in [4.69, 9.17) is 21.1 Å². The number of benzene rings is 2. The molecule has 2 nitrogen and oxygen atoms in total. The SMILES string of the molecule is C=C(OC)c1ccc(Oc2ccccc2)cc1CCl. The summed E-state index contributed by atoms with van der Waals surface area (Å²) in [5, 5.41) is 0. The number of hydrogen-bond acceptors (Lipinski definition) is 2. The fourth-order valence-electron chi connectivity index (χ4n) is 1.75. The fourth-order valence-corrected chi connectivity index (χ4v) is 1.97. The van der Waals surface area contributed by atoms with Gasteiger partial charge in [0.05, 0.1) is 7.11 Å². The summed E-state index contributed by atoms with van der Waals surface area (Å²) in [6.07, 6.45) is 0. The minimum Gasteiger partial charge on any atom is -0.497 e. The summed E-state index contributed by atoms with van der Waals surface area (Å²) in [5.41, 5.74) is 1.83. The first-order chi connectivity index (χ1) is 9.24. The van der Waals surface area contributed by atoms with Gasteiger partial charge in [0, 0.05) is 11.4 Å². The zero-order valence-electron chi connectivity index (χ0n) is 10.7. The van der Waals surface area contributed by atoms with Crippen molar-refractivity contribution in [1.82, 2.24) is 0 Å². The summed E-state index contributed by atoms with van der Waals surface area (Å²) in [7, 11) is 1.59. The lowest BCUT2D eigenvalue weighted by Crippen LogP contribution is -1.94. The van der Waals surface area contributed by atoms with E-state index in [1.165, 1.54) is 0 Å². The quantitative estimate of drug-likeness (QED) is 0.574. The lowest BCUT2D eigenvalue weighted by atomic mass is 10.1. The van der Waals surface area contributed by atoms with Crippen LogP contribution in [0.2, 0.25) is 0 Å². The third kappa shape index (κ3) is 3.30. The molecule has 0 saturated carbocycles. The molecule has 2 aromatic rings. The molecular weight excluding hydrogens is 260 g/mol. The van der Waals surface area contributed by atoms with E-state index in [1.54, 1.807) is 7.11 Å². The van der Waals surface area contributed by atoms with E-state index in [-0.39, 0.29) is 0 Å². The van der Waals surface area contributed by atoms with Gasteiger partial charge in [-0.3, -0.25) is 0 Å². The maximum absolute atomic E-state index is 5.96. The van der Waals surface area contributed by atoms with E-state index >= 15 is 0 Å². The molecule has 2 aromatic carbocycles. The highest BCUT2D eigenvalue weighted by Crippen LogP contribution is 2.28. The molecule has 98 valence electrons. The highest BCUT2D eigenvalue weighted by Gasteiger charge is 2.08. The second-order valence-corrected chi connectivity index (χ2v) is 4.26. The Morgan fingerprint density at radius 2 is 1.84 bits per heavy atom. The van der Waals surface area contributed by atoms with Crippen molar-refractivity contribution >= 4 is 17.4 Å². The first-order valence-corrected chi connectivity index (χ1v) is 6.43. The van der Waals surface area contributed by atoms with Crippen LogP contribution in [0, 0.1) is 0 Å². The van der Waals surface area contributed by atoms with E-state index in [1.807, 2.05) is 48.5 Å². The van der Waals surface area contributed by atoms with Crippen LogP contribution in [0.25, 0.3) is 5.76 Å². The fraction of sp³-hybridized carbons (Fsp3) is 0.125. The Kier molecular flexibility index (Phi) is 4.48. The number of methoxy groups -OCH3 is 1. The van der Waals surface area contributed by atoms with Gasteiger partial charge in [0.15, 0.2) is 0 Å². The van der Waals surface area contributed by atoms with Crippen molar-refractivity contribution in [1.29, 1.82) is 0 Å². The molecular formula is C16H15ClO2. The first kappa shape index (κ1) is 13.5. The van der Waals surface area contributed by atoms with E-state index in [9.17, 15) is 0 Å². The summed E-state index contributed by atoms with van der Waals surface area (Å²) in [6.45, 7) is 3.84. The van der Waals surface area contributed by atoms with Crippen molar-refractivity contribution in [3.8, 4) is 11.5 Å². The van der Waals surface area contributed by atoms with Crippen molar-refractivity contribution in [2.75, 3.05) is 7.11 Å². The zero-order valence-corrected chi connectivity index (χ0v) is 11.5. The Bertz CT molecular complexity index is 564. The molecule has 0 aromatic heterocycles. The Labute approximate surface area is 118 Å². The highest BCUT2D eigenvalue weighted by molar-refractivity contribution is 6.17. The minimum atomic E-state index is 0.379. The standard InChI is InChI=1S/C16H15ClO2/c1-12(18-2)16-9-8-15(10-13(16)11-17)19-14-6-4-3-5-7-14/h3-10H,1,11H2,2H3. The van der Waals surface area contributed by atoms with Crippen LogP contribution in [0.1, 0.15) is 11.1 Å². The average Bonchev–Trinajstić information content (AvgIpc) is 2.47. The molecule has 0 fully saturated rings. The van der Waals surface area contributed by atoms with Crippen molar-refractivity contribution in [2.45, 2.75) is 5.88 Å². The van der Waals surface area contributed by atoms with Gasteiger partial charge >= 0.3 is 0 Å². The highest BCUT2D eigenvalue weighted by atomic mass is 35.5. The molecule has 0 aliphatic carbocycles. The molecule has 0 radical (unpaired) electrons. The van der Waals surface area contributed by atoms with E-state index in [0.717, 1.165) is 22.6 Å². The second-order valence-electron chi connectivity index (χ2n) is 3.99. The lowest BCUT2D eigenvalue weighted by molar-refractivity contribution is 0.371. The predicted octanol–water partition coefficient (Wildman–Crippen LogP) is 4.83. The maximum atomic E-state index is 5.96. The molecule has 0 bridgehead atoms. The molecule has 0 saturated heterocycles. The van der Waals surface area contributed by atoms with Gasteiger partial charge in [-0.25, -0.2) is 0 Å². The molecule has 0 atom stereocenters. The molecule has 0 aliphatic rings. The van der Waals surface area contributed by atoms with Gasteiger partial charge in [-0.15, -0.1) is 11.6 Å². The van der Waals surface area contributed by atoms with Crippen LogP contribution in [0.15, 0.2) is 55.1 Å². The van der Waals surface area contributed by atoms with E-state index in [0.29, 0.717) is 11.6 Å². The molecule has 3 heteroatoms. The number of ether oxygens (including phenoxy) is 2. The summed E-state index contributed by atoms with van der Waals surface area (Å²) >= 11 is 5.96. The molecule has 0 unspecified atom stereocenters. The first-order valence-electron chi connectivity index (χ1n) is 5.89. The second kappa shape index (κ2) is 6.30. The number of rotatable bonds is 5. The molecule has 0 aliphatic heterocycles. The van der Waals surface area contributed by atoms with Crippen LogP contribution in [0.3, 0.4) is 0 Å². The van der Waals surface area contributed by atoms with Gasteiger partial charge in [0.2, 0.25) is 0 Å². The maximum Gasteiger partial charge on any atom is 0.127 e. The van der Waals surface area contributed by atoms with Crippen LogP contribution in [0.5, 0.6) is 11.5 Å². The molecule has 19 heavy (non-hydrogen) atoms. The van der Waals surface area contributed by atoms with Gasteiger partial charge in [0.25, 0.3) is 0 Å². The third-order valence-corrected chi connectivity index (χ3v) is 3.03. The van der Waals surface area contributed by atoms with Gasteiger partial charge in [-0.2, -0.15) is 0 Å². The molecule has 0 spiro atoms. The Morgan fingerprint density at radius 1 is 1.11 bits per heavy atom. The molecule has 0 heterocycles. The smallest absolute Gasteiger partial charge is 0.127 e. The largest absolute Gasteiger partial charge is 0.497 e. The predicted molar refractivity (Wildman–Crippen MR) is 78.6 cm³/mol. The van der Waals surface area contributed by atoms with Gasteiger partial charge in [-0.1, -0.05) is 24.8 Å². The monoisotopic (exact) mass is 274 g/mol. The summed E-state index contributed by atoms with van der Waals surface area (Å²) in [6, 6.07) is 15.3. The van der Waals surface area contributed by atoms with Crippen LogP contribution in [-0.4, -0.2) is 7.11 Å². The lowest BCUT2D eigenvalue weighted by Gasteiger charge is -2.12. The van der Waals surface area contributed by atoms with Crippen molar-refractivity contribution in [3.05, 3.63) is 66.2 Å². The van der Waals surface area contributed by atoms with Crippen LogP contribution in [0.4, 0.5) is 0 Å². The number of hydrogen-bond donors (Lipinski definition) is 0. The molecule has 2 rings (SSSR count). The minimum absolute atomic E-state index is 0.379. The van der Waals surface area contributed by atoms with E-state index < -0.39 is 0 Å². The van der Waals surface area contributed by atoms with Gasteiger partial charge < -0.3 is 9.47 Å². The normalized spacial score (nSPS) is 10.0. The summed E-state index contributed by atoms with van der Waals surface area (Å²) < 4.78 is 10.9. The Balaban J connectivity index is 2.27. The number of halogens is 1. The Hall–Kier alpha value is -1.93. The molecule has 0 N–H and O–H groups in total. The van der Waals surface area contributed by atoms with Crippen molar-refractivity contribution < 1.29 is 9.47 Å².